The van der Waals surface area contributed by atoms with Gasteiger partial charge in [-0.15, -0.1) is 0 Å². The second kappa shape index (κ2) is 8.27. The number of aromatic nitrogens is 2. The third kappa shape index (κ3) is 4.28. The summed E-state index contributed by atoms with van der Waals surface area (Å²) in [6, 6.07) is 3.12. The summed E-state index contributed by atoms with van der Waals surface area (Å²) in [5.41, 5.74) is 1.57. The number of fused-ring (bicyclic) bond motifs is 1. The van der Waals surface area contributed by atoms with Crippen LogP contribution in [0.2, 0.25) is 0 Å². The van der Waals surface area contributed by atoms with Gasteiger partial charge in [0.25, 0.3) is 5.91 Å². The number of carbonyl (C=O) groups is 1. The molecule has 2 aliphatic carbocycles. The lowest BCUT2D eigenvalue weighted by Gasteiger charge is -2.28. The second-order valence-electron chi connectivity index (χ2n) is 7.66. The largest absolute Gasteiger partial charge is 0.434 e. The fourth-order valence-corrected chi connectivity index (χ4v) is 4.01. The lowest BCUT2D eigenvalue weighted by atomic mass is 9.84. The van der Waals surface area contributed by atoms with Crippen molar-refractivity contribution in [3.8, 4) is 11.6 Å². The van der Waals surface area contributed by atoms with Crippen molar-refractivity contribution in [2.24, 2.45) is 5.92 Å². The highest BCUT2D eigenvalue weighted by molar-refractivity contribution is 6.20. The lowest BCUT2D eigenvalue weighted by Crippen LogP contribution is -2.39. The molecule has 4 rings (SSSR count). The van der Waals surface area contributed by atoms with Crippen LogP contribution in [0.15, 0.2) is 30.5 Å². The van der Waals surface area contributed by atoms with Gasteiger partial charge in [0.15, 0.2) is 11.6 Å². The van der Waals surface area contributed by atoms with Crippen LogP contribution in [0.1, 0.15) is 50.4 Å². The number of nitrogens with zero attached hydrogens (tertiary/aromatic N) is 2. The molecular weight excluding hydrogens is 376 g/mol. The Hall–Kier alpha value is -2.83. The van der Waals surface area contributed by atoms with Crippen LogP contribution in [0, 0.1) is 17.6 Å². The SMILES string of the molecule is C[C@@H](NC(=O)C1=CCc2ncc(Oc3ccc(F)cc3F)nc21)C1CCCCC1. The first-order valence-corrected chi connectivity index (χ1v) is 10.0. The van der Waals surface area contributed by atoms with Crippen molar-refractivity contribution in [2.45, 2.75) is 51.5 Å². The molecule has 29 heavy (non-hydrogen) atoms. The number of amides is 1. The predicted octanol–water partition coefficient (Wildman–Crippen LogP) is 4.57. The normalized spacial score (nSPS) is 17.4. The van der Waals surface area contributed by atoms with Crippen LogP contribution in [-0.2, 0) is 11.2 Å². The van der Waals surface area contributed by atoms with Crippen molar-refractivity contribution >= 4 is 11.5 Å². The topological polar surface area (TPSA) is 64.1 Å². The number of carbonyl (C=O) groups excluding carboxylic acids is 1. The van der Waals surface area contributed by atoms with Crippen LogP contribution in [-0.4, -0.2) is 21.9 Å². The molecule has 0 radical (unpaired) electrons. The van der Waals surface area contributed by atoms with Gasteiger partial charge in [-0.3, -0.25) is 9.78 Å². The fourth-order valence-electron chi connectivity index (χ4n) is 4.01. The summed E-state index contributed by atoms with van der Waals surface area (Å²) in [4.78, 5) is 21.5. The average molecular weight is 399 g/mol. The maximum Gasteiger partial charge on any atom is 0.253 e. The Bertz CT molecular complexity index is 955. The van der Waals surface area contributed by atoms with Gasteiger partial charge in [0.2, 0.25) is 5.88 Å². The van der Waals surface area contributed by atoms with E-state index in [2.05, 4.69) is 15.3 Å². The number of allylic oxidation sites excluding steroid dienone is 1. The molecule has 2 aliphatic rings. The minimum atomic E-state index is -0.831. The van der Waals surface area contributed by atoms with Crippen molar-refractivity contribution in [1.29, 1.82) is 0 Å². The van der Waals surface area contributed by atoms with E-state index in [0.717, 1.165) is 25.0 Å². The van der Waals surface area contributed by atoms with Crippen molar-refractivity contribution in [2.75, 3.05) is 0 Å². The maximum atomic E-state index is 13.8. The van der Waals surface area contributed by atoms with Gasteiger partial charge in [0, 0.05) is 18.5 Å². The summed E-state index contributed by atoms with van der Waals surface area (Å²) < 4.78 is 32.3. The van der Waals surface area contributed by atoms with E-state index in [1.54, 1.807) is 6.08 Å². The molecule has 1 atom stereocenters. The third-order valence-electron chi connectivity index (χ3n) is 5.65. The molecular formula is C22H23F2N3O2. The third-order valence-corrected chi connectivity index (χ3v) is 5.65. The molecule has 0 unspecified atom stereocenters. The average Bonchev–Trinajstić information content (AvgIpc) is 3.14. The van der Waals surface area contributed by atoms with E-state index in [-0.39, 0.29) is 23.6 Å². The predicted molar refractivity (Wildman–Crippen MR) is 104 cm³/mol. The first-order valence-electron chi connectivity index (χ1n) is 10.0. The Balaban J connectivity index is 1.48. The van der Waals surface area contributed by atoms with E-state index in [1.807, 2.05) is 6.92 Å². The Morgan fingerprint density at radius 1 is 1.24 bits per heavy atom. The van der Waals surface area contributed by atoms with E-state index in [1.165, 1.54) is 31.5 Å². The Morgan fingerprint density at radius 2 is 2.03 bits per heavy atom. The minimum absolute atomic E-state index is 0.0511. The van der Waals surface area contributed by atoms with Crippen LogP contribution in [0.25, 0.3) is 5.57 Å². The molecule has 1 N–H and O–H groups in total. The molecule has 1 aromatic heterocycles. The fraction of sp³-hybridized carbons (Fsp3) is 0.409. The second-order valence-corrected chi connectivity index (χ2v) is 7.66. The highest BCUT2D eigenvalue weighted by Gasteiger charge is 2.27. The van der Waals surface area contributed by atoms with E-state index in [0.29, 0.717) is 29.3 Å². The van der Waals surface area contributed by atoms with Crippen molar-refractivity contribution in [3.05, 3.63) is 53.5 Å². The molecule has 2 aromatic rings. The van der Waals surface area contributed by atoms with E-state index in [4.69, 9.17) is 4.74 Å². The molecule has 1 amide bonds. The number of hydrogen-bond acceptors (Lipinski definition) is 4. The highest BCUT2D eigenvalue weighted by Crippen LogP contribution is 2.30. The molecule has 0 saturated heterocycles. The van der Waals surface area contributed by atoms with Gasteiger partial charge in [0.1, 0.15) is 11.5 Å². The van der Waals surface area contributed by atoms with Crippen LogP contribution < -0.4 is 10.1 Å². The first kappa shape index (κ1) is 19.5. The zero-order valence-electron chi connectivity index (χ0n) is 16.3. The molecule has 5 nitrogen and oxygen atoms in total. The summed E-state index contributed by atoms with van der Waals surface area (Å²) in [5.74, 6) is -1.31. The number of nitrogens with one attached hydrogen (secondary N) is 1. The number of rotatable bonds is 5. The van der Waals surface area contributed by atoms with E-state index >= 15 is 0 Å². The first-order chi connectivity index (χ1) is 14.0. The summed E-state index contributed by atoms with van der Waals surface area (Å²) in [6.45, 7) is 2.05. The smallest absolute Gasteiger partial charge is 0.253 e. The van der Waals surface area contributed by atoms with Crippen LogP contribution in [0.4, 0.5) is 8.78 Å². The molecule has 1 aromatic carbocycles. The summed E-state index contributed by atoms with van der Waals surface area (Å²) in [7, 11) is 0. The van der Waals surface area contributed by atoms with E-state index < -0.39 is 11.6 Å². The zero-order chi connectivity index (χ0) is 20.4. The highest BCUT2D eigenvalue weighted by atomic mass is 19.1. The number of halogens is 2. The molecule has 152 valence electrons. The van der Waals surface area contributed by atoms with Gasteiger partial charge in [-0.2, -0.15) is 0 Å². The summed E-state index contributed by atoms with van der Waals surface area (Å²) in [6.07, 6.45) is 9.65. The molecule has 1 saturated carbocycles. The molecule has 7 heteroatoms. The Morgan fingerprint density at radius 3 is 2.79 bits per heavy atom. The maximum absolute atomic E-state index is 13.8. The summed E-state index contributed by atoms with van der Waals surface area (Å²) >= 11 is 0. The molecule has 0 aliphatic heterocycles. The molecule has 1 fully saturated rings. The lowest BCUT2D eigenvalue weighted by molar-refractivity contribution is -0.116. The minimum Gasteiger partial charge on any atom is -0.434 e. The van der Waals surface area contributed by atoms with Gasteiger partial charge in [-0.25, -0.2) is 13.8 Å². The number of benzene rings is 1. The van der Waals surface area contributed by atoms with Crippen molar-refractivity contribution in [1.82, 2.24) is 15.3 Å². The van der Waals surface area contributed by atoms with Gasteiger partial charge >= 0.3 is 0 Å². The standard InChI is InChI=1S/C22H23F2N3O2/c1-13(14-5-3-2-4-6-14)26-22(28)16-8-9-18-21(16)27-20(12-25-18)29-19-10-7-15(23)11-17(19)24/h7-8,10-14H,2-6,9H2,1H3,(H,26,28)/t13-/m1/s1. The Labute approximate surface area is 168 Å². The van der Waals surface area contributed by atoms with Crippen molar-refractivity contribution in [3.63, 3.8) is 0 Å². The van der Waals surface area contributed by atoms with E-state index in [9.17, 15) is 13.6 Å². The number of hydrogen-bond donors (Lipinski definition) is 1. The molecule has 0 spiro atoms. The quantitative estimate of drug-likeness (QED) is 0.800. The zero-order valence-corrected chi connectivity index (χ0v) is 16.3. The molecule has 0 bridgehead atoms. The number of ether oxygens (including phenoxy) is 1. The van der Waals surface area contributed by atoms with Crippen LogP contribution in [0.5, 0.6) is 11.6 Å². The van der Waals surface area contributed by atoms with Crippen LogP contribution in [0.3, 0.4) is 0 Å². The van der Waals surface area contributed by atoms with Gasteiger partial charge in [-0.1, -0.05) is 25.3 Å². The monoisotopic (exact) mass is 399 g/mol. The van der Waals surface area contributed by atoms with Crippen molar-refractivity contribution < 1.29 is 18.3 Å². The van der Waals surface area contributed by atoms with Gasteiger partial charge in [-0.05, 0) is 37.8 Å². The van der Waals surface area contributed by atoms with Crippen LogP contribution >= 0.6 is 0 Å². The van der Waals surface area contributed by atoms with Gasteiger partial charge in [0.05, 0.1) is 17.5 Å². The molecule has 1 heterocycles. The van der Waals surface area contributed by atoms with Gasteiger partial charge < -0.3 is 10.1 Å². The Kier molecular flexibility index (Phi) is 5.56. The summed E-state index contributed by atoms with van der Waals surface area (Å²) in [5, 5.41) is 3.10.